The normalized spacial score (nSPS) is 36.1. The number of ether oxygens (including phenoxy) is 1. The monoisotopic (exact) mass is 399 g/mol. The number of carbonyl (C=O) groups is 1. The second-order valence-electron chi connectivity index (χ2n) is 9.87. The SMILES string of the molecule is C=CC(C)N1C2[C@@H]3CCCC[C@@]34CC21Cc1ccc(OC(=O)c2ccccc2)cc14. The molecule has 2 bridgehead atoms. The minimum atomic E-state index is -0.277. The summed E-state index contributed by atoms with van der Waals surface area (Å²) >= 11 is 0. The molecule has 1 aliphatic heterocycles. The number of carbonyl (C=O) groups excluding carboxylic acids is 1. The van der Waals surface area contributed by atoms with Gasteiger partial charge in [0.05, 0.1) is 5.56 Å². The van der Waals surface area contributed by atoms with Crippen LogP contribution in [0.1, 0.15) is 60.5 Å². The smallest absolute Gasteiger partial charge is 0.343 e. The summed E-state index contributed by atoms with van der Waals surface area (Å²) in [5.41, 5.74) is 4.13. The Kier molecular flexibility index (Phi) is 3.86. The number of benzene rings is 2. The van der Waals surface area contributed by atoms with Crippen LogP contribution in [0, 0.1) is 5.92 Å². The van der Waals surface area contributed by atoms with E-state index in [2.05, 4.69) is 36.6 Å². The maximum atomic E-state index is 12.6. The molecule has 2 aromatic carbocycles. The molecule has 154 valence electrons. The fourth-order valence-electron chi connectivity index (χ4n) is 7.45. The highest BCUT2D eigenvalue weighted by atomic mass is 16.5. The van der Waals surface area contributed by atoms with Gasteiger partial charge in [0.25, 0.3) is 0 Å². The molecule has 0 N–H and O–H groups in total. The summed E-state index contributed by atoms with van der Waals surface area (Å²) in [6.45, 7) is 6.37. The molecule has 1 heterocycles. The summed E-state index contributed by atoms with van der Waals surface area (Å²) in [5.74, 6) is 1.13. The van der Waals surface area contributed by atoms with Crippen molar-refractivity contribution in [1.82, 2.24) is 4.90 Å². The molecular weight excluding hydrogens is 370 g/mol. The van der Waals surface area contributed by atoms with E-state index in [1.807, 2.05) is 24.3 Å². The number of fused-ring (bicyclic) bond motifs is 2. The van der Waals surface area contributed by atoms with Crippen LogP contribution >= 0.6 is 0 Å². The topological polar surface area (TPSA) is 29.3 Å². The third-order valence-corrected chi connectivity index (χ3v) is 8.51. The summed E-state index contributed by atoms with van der Waals surface area (Å²) in [6.07, 6.45) is 9.73. The predicted molar refractivity (Wildman–Crippen MR) is 118 cm³/mol. The first-order valence-corrected chi connectivity index (χ1v) is 11.4. The van der Waals surface area contributed by atoms with Crippen molar-refractivity contribution in [1.29, 1.82) is 0 Å². The molecule has 4 unspecified atom stereocenters. The lowest BCUT2D eigenvalue weighted by Gasteiger charge is -2.47. The standard InChI is InChI=1S/C27H29NO2/c1-3-18(2)28-24-22-11-7-8-14-26(22)17-27(24,28)16-20-12-13-21(15-23(20)26)30-25(29)19-9-5-4-6-10-19/h3-6,9-10,12-13,15,18,22,24H,1,7-8,11,14,16-17H2,2H3/t18?,22-,24?,26+,27?,28?/m0/s1. The lowest BCUT2D eigenvalue weighted by atomic mass is 9.60. The third kappa shape index (κ3) is 2.33. The molecule has 0 aromatic heterocycles. The van der Waals surface area contributed by atoms with E-state index in [1.54, 1.807) is 12.1 Å². The maximum Gasteiger partial charge on any atom is 0.343 e. The first kappa shape index (κ1) is 18.4. The highest BCUT2D eigenvalue weighted by molar-refractivity contribution is 5.91. The quantitative estimate of drug-likeness (QED) is 0.303. The van der Waals surface area contributed by atoms with Crippen LogP contribution in [0.15, 0.2) is 61.2 Å². The second-order valence-corrected chi connectivity index (χ2v) is 9.87. The highest BCUT2D eigenvalue weighted by Crippen LogP contribution is 2.72. The fourth-order valence-corrected chi connectivity index (χ4v) is 7.45. The molecule has 3 heteroatoms. The van der Waals surface area contributed by atoms with Crippen LogP contribution in [0.4, 0.5) is 0 Å². The van der Waals surface area contributed by atoms with Gasteiger partial charge in [-0.15, -0.1) is 6.58 Å². The van der Waals surface area contributed by atoms with Crippen LogP contribution in [-0.4, -0.2) is 28.5 Å². The second kappa shape index (κ2) is 6.31. The Balaban J connectivity index is 1.37. The van der Waals surface area contributed by atoms with E-state index in [4.69, 9.17) is 4.74 Å². The molecule has 3 aliphatic carbocycles. The molecule has 0 radical (unpaired) electrons. The Morgan fingerprint density at radius 2 is 2.07 bits per heavy atom. The Labute approximate surface area is 178 Å². The van der Waals surface area contributed by atoms with Gasteiger partial charge < -0.3 is 4.74 Å². The van der Waals surface area contributed by atoms with Crippen molar-refractivity contribution in [3.05, 3.63) is 77.9 Å². The average molecular weight is 400 g/mol. The average Bonchev–Trinajstić information content (AvgIpc) is 3.31. The van der Waals surface area contributed by atoms with Gasteiger partial charge in [-0.05, 0) is 73.9 Å². The molecule has 2 aromatic rings. The highest BCUT2D eigenvalue weighted by Gasteiger charge is 2.78. The zero-order chi connectivity index (χ0) is 20.5. The van der Waals surface area contributed by atoms with E-state index < -0.39 is 0 Å². The van der Waals surface area contributed by atoms with Crippen molar-refractivity contribution in [3.8, 4) is 5.75 Å². The van der Waals surface area contributed by atoms with Gasteiger partial charge in [-0.2, -0.15) is 0 Å². The van der Waals surface area contributed by atoms with Crippen molar-refractivity contribution in [2.24, 2.45) is 5.92 Å². The van der Waals surface area contributed by atoms with E-state index >= 15 is 0 Å². The van der Waals surface area contributed by atoms with Gasteiger partial charge in [0.2, 0.25) is 0 Å². The van der Waals surface area contributed by atoms with Crippen molar-refractivity contribution >= 4 is 5.97 Å². The van der Waals surface area contributed by atoms with E-state index in [0.717, 1.165) is 12.3 Å². The van der Waals surface area contributed by atoms with E-state index in [-0.39, 0.29) is 11.4 Å². The van der Waals surface area contributed by atoms with Gasteiger partial charge in [0.1, 0.15) is 5.75 Å². The van der Waals surface area contributed by atoms with Crippen LogP contribution in [-0.2, 0) is 11.8 Å². The first-order valence-electron chi connectivity index (χ1n) is 11.4. The minimum absolute atomic E-state index is 0.267. The van der Waals surface area contributed by atoms with Crippen molar-refractivity contribution in [3.63, 3.8) is 0 Å². The van der Waals surface area contributed by atoms with E-state index in [9.17, 15) is 4.79 Å². The van der Waals surface area contributed by atoms with E-state index in [1.165, 1.54) is 43.2 Å². The Hall–Kier alpha value is -2.39. The lowest BCUT2D eigenvalue weighted by molar-refractivity contribution is 0.0733. The molecule has 30 heavy (non-hydrogen) atoms. The van der Waals surface area contributed by atoms with E-state index in [0.29, 0.717) is 28.9 Å². The number of nitrogens with zero attached hydrogens (tertiary/aromatic N) is 1. The molecule has 1 saturated heterocycles. The fraction of sp³-hybridized carbons (Fsp3) is 0.444. The minimum Gasteiger partial charge on any atom is -0.423 e. The van der Waals surface area contributed by atoms with Gasteiger partial charge in [0, 0.05) is 23.0 Å². The molecular formula is C27H29NO2. The van der Waals surface area contributed by atoms with Crippen LogP contribution in [0.25, 0.3) is 0 Å². The maximum absolute atomic E-state index is 12.6. The van der Waals surface area contributed by atoms with Crippen molar-refractivity contribution in [2.45, 2.75) is 68.5 Å². The lowest BCUT2D eigenvalue weighted by Crippen LogP contribution is -2.45. The Morgan fingerprint density at radius 1 is 1.23 bits per heavy atom. The van der Waals surface area contributed by atoms with Gasteiger partial charge in [-0.1, -0.05) is 43.2 Å². The number of likely N-dealkylation sites (tertiary alicyclic amines) is 1. The molecule has 2 spiro atoms. The molecule has 6 rings (SSSR count). The molecule has 3 nitrogen and oxygen atoms in total. The summed E-state index contributed by atoms with van der Waals surface area (Å²) in [5, 5.41) is 0. The zero-order valence-corrected chi connectivity index (χ0v) is 17.6. The molecule has 0 amide bonds. The van der Waals surface area contributed by atoms with Crippen LogP contribution < -0.4 is 4.74 Å². The van der Waals surface area contributed by atoms with Gasteiger partial charge in [0.15, 0.2) is 0 Å². The first-order chi connectivity index (χ1) is 14.6. The number of rotatable bonds is 4. The molecule has 4 aliphatic rings. The Bertz CT molecular complexity index is 1030. The number of esters is 1. The van der Waals surface area contributed by atoms with Gasteiger partial charge in [-0.25, -0.2) is 4.79 Å². The molecule has 6 atom stereocenters. The third-order valence-electron chi connectivity index (χ3n) is 8.51. The van der Waals surface area contributed by atoms with Crippen LogP contribution in [0.5, 0.6) is 5.75 Å². The van der Waals surface area contributed by atoms with Gasteiger partial charge >= 0.3 is 5.97 Å². The number of piperidine rings is 1. The van der Waals surface area contributed by atoms with Gasteiger partial charge in [-0.3, -0.25) is 4.90 Å². The predicted octanol–water partition coefficient (Wildman–Crippen LogP) is 5.29. The van der Waals surface area contributed by atoms with Crippen LogP contribution in [0.3, 0.4) is 0 Å². The summed E-state index contributed by atoms with van der Waals surface area (Å²) in [4.78, 5) is 15.3. The summed E-state index contributed by atoms with van der Waals surface area (Å²) in [6, 6.07) is 16.8. The Morgan fingerprint density at radius 3 is 2.87 bits per heavy atom. The number of hydrogen-bond acceptors (Lipinski definition) is 3. The molecule has 2 saturated carbocycles. The largest absolute Gasteiger partial charge is 0.423 e. The van der Waals surface area contributed by atoms with Crippen molar-refractivity contribution < 1.29 is 9.53 Å². The van der Waals surface area contributed by atoms with Crippen molar-refractivity contribution in [2.75, 3.05) is 0 Å². The molecule has 3 fully saturated rings. The number of hydrogen-bond donors (Lipinski definition) is 0. The summed E-state index contributed by atoms with van der Waals surface area (Å²) in [7, 11) is 0. The van der Waals surface area contributed by atoms with Crippen LogP contribution in [0.2, 0.25) is 0 Å². The zero-order valence-electron chi connectivity index (χ0n) is 17.6. The summed E-state index contributed by atoms with van der Waals surface area (Å²) < 4.78 is 5.80.